The second-order valence-electron chi connectivity index (χ2n) is 3.14. The standard InChI is InChI=1S/C10H17N3/c1-4-9(11)8-5-6-10(12-3)13-7(8)2/h5-6,9H,4,11H2,1-3H3,(H,12,13)/t9-/m0/s1. The van der Waals surface area contributed by atoms with E-state index in [0.717, 1.165) is 23.5 Å². The van der Waals surface area contributed by atoms with Crippen LogP contribution >= 0.6 is 0 Å². The number of nitrogens with two attached hydrogens (primary N) is 1. The number of hydrogen-bond acceptors (Lipinski definition) is 3. The molecule has 72 valence electrons. The summed E-state index contributed by atoms with van der Waals surface area (Å²) in [6.07, 6.45) is 0.946. The van der Waals surface area contributed by atoms with Crippen LogP contribution in [-0.2, 0) is 0 Å². The van der Waals surface area contributed by atoms with E-state index in [1.165, 1.54) is 0 Å². The van der Waals surface area contributed by atoms with Crippen LogP contribution in [0.2, 0.25) is 0 Å². The molecule has 0 aromatic carbocycles. The SMILES string of the molecule is CC[C@H](N)c1ccc(NC)nc1C. The van der Waals surface area contributed by atoms with Gasteiger partial charge in [-0.25, -0.2) is 4.98 Å². The van der Waals surface area contributed by atoms with Gasteiger partial charge in [-0.3, -0.25) is 0 Å². The van der Waals surface area contributed by atoms with Crippen molar-refractivity contribution in [2.24, 2.45) is 5.73 Å². The Hall–Kier alpha value is -1.09. The number of nitrogens with one attached hydrogen (secondary N) is 1. The predicted molar refractivity (Wildman–Crippen MR) is 55.7 cm³/mol. The van der Waals surface area contributed by atoms with Crippen LogP contribution in [0.25, 0.3) is 0 Å². The molecule has 0 radical (unpaired) electrons. The normalized spacial score (nSPS) is 12.6. The molecule has 1 rings (SSSR count). The largest absolute Gasteiger partial charge is 0.373 e. The molecule has 0 aliphatic rings. The third-order valence-electron chi connectivity index (χ3n) is 2.22. The van der Waals surface area contributed by atoms with Gasteiger partial charge in [0.15, 0.2) is 0 Å². The van der Waals surface area contributed by atoms with Crippen LogP contribution in [0.15, 0.2) is 12.1 Å². The van der Waals surface area contributed by atoms with Crippen molar-refractivity contribution in [2.45, 2.75) is 26.3 Å². The monoisotopic (exact) mass is 179 g/mol. The number of hydrogen-bond donors (Lipinski definition) is 2. The summed E-state index contributed by atoms with van der Waals surface area (Å²) in [4.78, 5) is 4.37. The first kappa shape index (κ1) is 9.99. The van der Waals surface area contributed by atoms with Crippen molar-refractivity contribution in [3.63, 3.8) is 0 Å². The highest BCUT2D eigenvalue weighted by Crippen LogP contribution is 2.18. The van der Waals surface area contributed by atoms with Crippen LogP contribution in [-0.4, -0.2) is 12.0 Å². The molecule has 3 N–H and O–H groups in total. The van der Waals surface area contributed by atoms with Gasteiger partial charge in [-0.1, -0.05) is 13.0 Å². The molecule has 13 heavy (non-hydrogen) atoms. The summed E-state index contributed by atoms with van der Waals surface area (Å²) < 4.78 is 0. The van der Waals surface area contributed by atoms with Crippen molar-refractivity contribution in [1.82, 2.24) is 4.98 Å². The summed E-state index contributed by atoms with van der Waals surface area (Å²) >= 11 is 0. The second kappa shape index (κ2) is 4.23. The van der Waals surface area contributed by atoms with Gasteiger partial charge in [-0.15, -0.1) is 0 Å². The number of pyridine rings is 1. The van der Waals surface area contributed by atoms with Crippen LogP contribution in [0, 0.1) is 6.92 Å². The zero-order chi connectivity index (χ0) is 9.84. The van der Waals surface area contributed by atoms with E-state index in [-0.39, 0.29) is 6.04 Å². The van der Waals surface area contributed by atoms with Gasteiger partial charge in [-0.2, -0.15) is 0 Å². The Morgan fingerprint density at radius 3 is 2.69 bits per heavy atom. The Morgan fingerprint density at radius 1 is 1.54 bits per heavy atom. The van der Waals surface area contributed by atoms with Crippen molar-refractivity contribution in [3.05, 3.63) is 23.4 Å². The molecule has 0 saturated heterocycles. The summed E-state index contributed by atoms with van der Waals surface area (Å²) in [6.45, 7) is 4.07. The van der Waals surface area contributed by atoms with Crippen molar-refractivity contribution < 1.29 is 0 Å². The Labute approximate surface area is 79.4 Å². The lowest BCUT2D eigenvalue weighted by atomic mass is 10.0. The minimum absolute atomic E-state index is 0.110. The topological polar surface area (TPSA) is 50.9 Å². The first-order valence-electron chi connectivity index (χ1n) is 4.60. The molecule has 3 heteroatoms. The first-order valence-corrected chi connectivity index (χ1v) is 4.60. The second-order valence-corrected chi connectivity index (χ2v) is 3.14. The van der Waals surface area contributed by atoms with Crippen LogP contribution in [0.1, 0.15) is 30.6 Å². The zero-order valence-electron chi connectivity index (χ0n) is 8.46. The third-order valence-corrected chi connectivity index (χ3v) is 2.22. The lowest BCUT2D eigenvalue weighted by molar-refractivity contribution is 0.689. The zero-order valence-corrected chi connectivity index (χ0v) is 8.46. The Morgan fingerprint density at radius 2 is 2.23 bits per heavy atom. The Balaban J connectivity index is 2.98. The van der Waals surface area contributed by atoms with Crippen molar-refractivity contribution in [1.29, 1.82) is 0 Å². The van der Waals surface area contributed by atoms with Gasteiger partial charge in [0.05, 0.1) is 0 Å². The summed E-state index contributed by atoms with van der Waals surface area (Å²) in [5.41, 5.74) is 8.08. The summed E-state index contributed by atoms with van der Waals surface area (Å²) in [5, 5.41) is 3.00. The molecular formula is C10H17N3. The van der Waals surface area contributed by atoms with Crippen LogP contribution in [0.3, 0.4) is 0 Å². The fraction of sp³-hybridized carbons (Fsp3) is 0.500. The molecule has 0 unspecified atom stereocenters. The van der Waals surface area contributed by atoms with Gasteiger partial charge in [0.2, 0.25) is 0 Å². The maximum Gasteiger partial charge on any atom is 0.125 e. The van der Waals surface area contributed by atoms with Crippen molar-refractivity contribution in [2.75, 3.05) is 12.4 Å². The van der Waals surface area contributed by atoms with Gasteiger partial charge in [-0.05, 0) is 25.0 Å². The minimum Gasteiger partial charge on any atom is -0.373 e. The van der Waals surface area contributed by atoms with Gasteiger partial charge >= 0.3 is 0 Å². The number of aryl methyl sites for hydroxylation is 1. The van der Waals surface area contributed by atoms with Crippen LogP contribution < -0.4 is 11.1 Å². The predicted octanol–water partition coefficient (Wildman–Crippen LogP) is 1.84. The van der Waals surface area contributed by atoms with Crippen LogP contribution in [0.4, 0.5) is 5.82 Å². The van der Waals surface area contributed by atoms with E-state index in [2.05, 4.69) is 17.2 Å². The minimum atomic E-state index is 0.110. The molecule has 0 amide bonds. The van der Waals surface area contributed by atoms with E-state index < -0.39 is 0 Å². The molecule has 1 aromatic rings. The van der Waals surface area contributed by atoms with E-state index >= 15 is 0 Å². The molecule has 3 nitrogen and oxygen atoms in total. The summed E-state index contributed by atoms with van der Waals surface area (Å²) in [5.74, 6) is 0.893. The lowest BCUT2D eigenvalue weighted by Crippen LogP contribution is -2.11. The number of rotatable bonds is 3. The molecule has 1 aromatic heterocycles. The van der Waals surface area contributed by atoms with Crippen LogP contribution in [0.5, 0.6) is 0 Å². The lowest BCUT2D eigenvalue weighted by Gasteiger charge is -2.12. The summed E-state index contributed by atoms with van der Waals surface area (Å²) in [6, 6.07) is 4.11. The van der Waals surface area contributed by atoms with E-state index in [9.17, 15) is 0 Å². The Kier molecular flexibility index (Phi) is 3.25. The smallest absolute Gasteiger partial charge is 0.125 e. The fourth-order valence-electron chi connectivity index (χ4n) is 1.32. The molecular weight excluding hydrogens is 162 g/mol. The molecule has 1 atom stereocenters. The van der Waals surface area contributed by atoms with Gasteiger partial charge in [0, 0.05) is 18.8 Å². The maximum atomic E-state index is 5.93. The maximum absolute atomic E-state index is 5.93. The van der Waals surface area contributed by atoms with E-state index in [1.807, 2.05) is 26.1 Å². The first-order chi connectivity index (χ1) is 6.19. The quantitative estimate of drug-likeness (QED) is 0.744. The third kappa shape index (κ3) is 2.18. The van der Waals surface area contributed by atoms with E-state index in [0.29, 0.717) is 0 Å². The van der Waals surface area contributed by atoms with E-state index in [1.54, 1.807) is 0 Å². The Bertz CT molecular complexity index is 283. The number of nitrogens with zero attached hydrogens (tertiary/aromatic N) is 1. The highest BCUT2D eigenvalue weighted by molar-refractivity contribution is 5.38. The number of aromatic nitrogens is 1. The molecule has 0 bridgehead atoms. The molecule has 0 aliphatic heterocycles. The summed E-state index contributed by atoms with van der Waals surface area (Å²) in [7, 11) is 1.86. The van der Waals surface area contributed by atoms with Gasteiger partial charge in [0.25, 0.3) is 0 Å². The molecule has 0 aliphatic carbocycles. The van der Waals surface area contributed by atoms with Gasteiger partial charge in [0.1, 0.15) is 5.82 Å². The van der Waals surface area contributed by atoms with Crippen molar-refractivity contribution in [3.8, 4) is 0 Å². The average Bonchev–Trinajstić information content (AvgIpc) is 2.16. The molecule has 1 heterocycles. The highest BCUT2D eigenvalue weighted by atomic mass is 15.0. The molecule has 0 fully saturated rings. The molecule has 0 spiro atoms. The fourth-order valence-corrected chi connectivity index (χ4v) is 1.32. The van der Waals surface area contributed by atoms with E-state index in [4.69, 9.17) is 5.73 Å². The highest BCUT2D eigenvalue weighted by Gasteiger charge is 2.07. The van der Waals surface area contributed by atoms with Crippen molar-refractivity contribution >= 4 is 5.82 Å². The van der Waals surface area contributed by atoms with Gasteiger partial charge < -0.3 is 11.1 Å². The number of anilines is 1. The molecule has 0 saturated carbocycles. The average molecular weight is 179 g/mol.